The first-order chi connectivity index (χ1) is 6.22. The summed E-state index contributed by atoms with van der Waals surface area (Å²) in [6.45, 7) is 2.33. The van der Waals surface area contributed by atoms with Crippen LogP contribution in [0.5, 0.6) is 0 Å². The lowest BCUT2D eigenvalue weighted by Gasteiger charge is -1.97. The second-order valence-corrected chi connectivity index (χ2v) is 2.74. The molecule has 0 radical (unpaired) electrons. The minimum absolute atomic E-state index is 0.0775. The van der Waals surface area contributed by atoms with Gasteiger partial charge in [0.25, 0.3) is 0 Å². The van der Waals surface area contributed by atoms with E-state index in [0.717, 1.165) is 5.56 Å². The summed E-state index contributed by atoms with van der Waals surface area (Å²) in [5, 5.41) is 6.72. The fourth-order valence-corrected chi connectivity index (χ4v) is 0.963. The molecule has 4 heteroatoms. The molecule has 70 valence electrons. The molecule has 0 bridgehead atoms. The molecule has 1 amide bonds. The van der Waals surface area contributed by atoms with Gasteiger partial charge in [0.15, 0.2) is 0 Å². The van der Waals surface area contributed by atoms with Crippen molar-refractivity contribution in [1.82, 2.24) is 15.1 Å². The number of rotatable bonds is 3. The van der Waals surface area contributed by atoms with E-state index in [2.05, 4.69) is 10.4 Å². The molecule has 0 atom stereocenters. The van der Waals surface area contributed by atoms with Gasteiger partial charge in [0, 0.05) is 25.4 Å². The van der Waals surface area contributed by atoms with Crippen molar-refractivity contribution in [3.8, 4) is 0 Å². The molecule has 0 aromatic carbocycles. The minimum atomic E-state index is -0.0775. The predicted molar refractivity (Wildman–Crippen MR) is 49.9 cm³/mol. The Labute approximate surface area is 77.3 Å². The van der Waals surface area contributed by atoms with Gasteiger partial charge >= 0.3 is 0 Å². The highest BCUT2D eigenvalue weighted by Crippen LogP contribution is 1.94. The molecule has 1 heterocycles. The highest BCUT2D eigenvalue weighted by molar-refractivity contribution is 5.87. The number of hydrogen-bond acceptors (Lipinski definition) is 2. The van der Waals surface area contributed by atoms with E-state index in [1.165, 1.54) is 6.08 Å². The van der Waals surface area contributed by atoms with Crippen LogP contribution in [0.4, 0.5) is 0 Å². The maximum absolute atomic E-state index is 11.0. The molecule has 0 aliphatic heterocycles. The van der Waals surface area contributed by atoms with E-state index in [4.69, 9.17) is 0 Å². The van der Waals surface area contributed by atoms with Crippen LogP contribution in [-0.2, 0) is 18.4 Å². The third kappa shape index (κ3) is 3.11. The van der Waals surface area contributed by atoms with E-state index >= 15 is 0 Å². The van der Waals surface area contributed by atoms with Gasteiger partial charge in [-0.25, -0.2) is 0 Å². The van der Waals surface area contributed by atoms with Gasteiger partial charge in [0.2, 0.25) is 5.91 Å². The molecule has 0 spiro atoms. The van der Waals surface area contributed by atoms with Crippen molar-refractivity contribution in [2.45, 2.75) is 13.5 Å². The van der Waals surface area contributed by atoms with Crippen LogP contribution < -0.4 is 5.32 Å². The zero-order chi connectivity index (χ0) is 9.68. The van der Waals surface area contributed by atoms with Gasteiger partial charge in [-0.05, 0) is 13.0 Å². The van der Waals surface area contributed by atoms with E-state index in [-0.39, 0.29) is 5.91 Å². The summed E-state index contributed by atoms with van der Waals surface area (Å²) < 4.78 is 1.71. The van der Waals surface area contributed by atoms with Crippen LogP contribution in [0.1, 0.15) is 12.5 Å². The first kappa shape index (κ1) is 9.51. The van der Waals surface area contributed by atoms with Crippen molar-refractivity contribution in [2.24, 2.45) is 7.05 Å². The number of aromatic nitrogens is 2. The Hall–Kier alpha value is -1.58. The highest BCUT2D eigenvalue weighted by atomic mass is 16.1. The second kappa shape index (κ2) is 4.45. The van der Waals surface area contributed by atoms with Crippen molar-refractivity contribution >= 4 is 5.91 Å². The van der Waals surface area contributed by atoms with Gasteiger partial charge < -0.3 is 5.32 Å². The van der Waals surface area contributed by atoms with E-state index in [1.807, 2.05) is 20.2 Å². The van der Waals surface area contributed by atoms with Gasteiger partial charge in [-0.2, -0.15) is 5.10 Å². The summed E-state index contributed by atoms with van der Waals surface area (Å²) in [7, 11) is 1.84. The third-order valence-corrected chi connectivity index (χ3v) is 1.54. The fourth-order valence-electron chi connectivity index (χ4n) is 0.963. The normalized spacial score (nSPS) is 10.6. The summed E-state index contributed by atoms with van der Waals surface area (Å²) >= 11 is 0. The molecule has 1 aromatic heterocycles. The smallest absolute Gasteiger partial charge is 0.243 e. The van der Waals surface area contributed by atoms with Crippen molar-refractivity contribution < 1.29 is 4.79 Å². The molecule has 1 rings (SSSR count). The fraction of sp³-hybridized carbons (Fsp3) is 0.333. The minimum Gasteiger partial charge on any atom is -0.348 e. The molecule has 1 aromatic rings. The van der Waals surface area contributed by atoms with Gasteiger partial charge in [-0.15, -0.1) is 0 Å². The molecule has 4 nitrogen and oxygen atoms in total. The Balaban J connectivity index is 2.39. The molecule has 1 N–H and O–H groups in total. The lowest BCUT2D eigenvalue weighted by Crippen LogP contribution is -2.19. The summed E-state index contributed by atoms with van der Waals surface area (Å²) in [5.74, 6) is -0.0775. The number of carbonyl (C=O) groups is 1. The molecular formula is C9H13N3O. The molecule has 0 unspecified atom stereocenters. The Bertz CT molecular complexity index is 314. The number of hydrogen-bond donors (Lipinski definition) is 1. The largest absolute Gasteiger partial charge is 0.348 e. The highest BCUT2D eigenvalue weighted by Gasteiger charge is 1.97. The number of amides is 1. The number of allylic oxidation sites excluding steroid dienone is 1. The van der Waals surface area contributed by atoms with Crippen LogP contribution in [0.15, 0.2) is 24.5 Å². The average Bonchev–Trinajstić information content (AvgIpc) is 2.49. The van der Waals surface area contributed by atoms with Crippen LogP contribution in [0.25, 0.3) is 0 Å². The predicted octanol–water partition coefficient (Wildman–Crippen LogP) is 0.612. The Morgan fingerprint density at radius 2 is 2.54 bits per heavy atom. The zero-order valence-corrected chi connectivity index (χ0v) is 7.82. The Morgan fingerprint density at radius 1 is 1.77 bits per heavy atom. The first-order valence-electron chi connectivity index (χ1n) is 4.10. The Morgan fingerprint density at radius 3 is 3.08 bits per heavy atom. The molecule has 0 aliphatic rings. The van der Waals surface area contributed by atoms with E-state index in [9.17, 15) is 4.79 Å². The average molecular weight is 179 g/mol. The molecule has 0 saturated carbocycles. The quantitative estimate of drug-likeness (QED) is 0.691. The van der Waals surface area contributed by atoms with Crippen LogP contribution in [0, 0.1) is 0 Å². The molecule has 0 fully saturated rings. The van der Waals surface area contributed by atoms with Crippen LogP contribution in [0.2, 0.25) is 0 Å². The Kier molecular flexibility index (Phi) is 3.25. The summed E-state index contributed by atoms with van der Waals surface area (Å²) in [4.78, 5) is 11.0. The standard InChI is InChI=1S/C9H13N3O/c1-3-4-9(13)10-5-8-6-11-12(2)7-8/h3-4,6-7H,5H2,1-2H3,(H,10,13)/b4-3+. The van der Waals surface area contributed by atoms with Crippen molar-refractivity contribution in [3.05, 3.63) is 30.1 Å². The topological polar surface area (TPSA) is 46.9 Å². The molecule has 0 saturated heterocycles. The van der Waals surface area contributed by atoms with Gasteiger partial charge in [0.05, 0.1) is 6.20 Å². The lowest BCUT2D eigenvalue weighted by molar-refractivity contribution is -0.116. The summed E-state index contributed by atoms with van der Waals surface area (Å²) in [5.41, 5.74) is 1.00. The van der Waals surface area contributed by atoms with Gasteiger partial charge in [-0.3, -0.25) is 9.48 Å². The van der Waals surface area contributed by atoms with E-state index in [1.54, 1.807) is 17.0 Å². The molecule has 0 aliphatic carbocycles. The number of nitrogens with zero attached hydrogens (tertiary/aromatic N) is 2. The first-order valence-corrected chi connectivity index (χ1v) is 4.10. The number of carbonyl (C=O) groups excluding carboxylic acids is 1. The summed E-state index contributed by atoms with van der Waals surface area (Å²) in [6, 6.07) is 0. The van der Waals surface area contributed by atoms with Crippen LogP contribution >= 0.6 is 0 Å². The second-order valence-electron chi connectivity index (χ2n) is 2.74. The van der Waals surface area contributed by atoms with Gasteiger partial charge in [-0.1, -0.05) is 6.08 Å². The zero-order valence-electron chi connectivity index (χ0n) is 7.82. The van der Waals surface area contributed by atoms with Crippen molar-refractivity contribution in [3.63, 3.8) is 0 Å². The summed E-state index contributed by atoms with van der Waals surface area (Å²) in [6.07, 6.45) is 6.81. The van der Waals surface area contributed by atoms with Gasteiger partial charge in [0.1, 0.15) is 0 Å². The van der Waals surface area contributed by atoms with E-state index < -0.39 is 0 Å². The van der Waals surface area contributed by atoms with Crippen LogP contribution in [-0.4, -0.2) is 15.7 Å². The maximum atomic E-state index is 11.0. The SMILES string of the molecule is C/C=C/C(=O)NCc1cnn(C)c1. The molecule has 13 heavy (non-hydrogen) atoms. The van der Waals surface area contributed by atoms with E-state index in [0.29, 0.717) is 6.54 Å². The lowest BCUT2D eigenvalue weighted by atomic mass is 10.3. The molecular weight excluding hydrogens is 166 g/mol. The monoisotopic (exact) mass is 179 g/mol. The third-order valence-electron chi connectivity index (χ3n) is 1.54. The number of nitrogens with one attached hydrogen (secondary N) is 1. The van der Waals surface area contributed by atoms with Crippen LogP contribution in [0.3, 0.4) is 0 Å². The van der Waals surface area contributed by atoms with Crippen molar-refractivity contribution in [1.29, 1.82) is 0 Å². The number of aryl methyl sites for hydroxylation is 1. The maximum Gasteiger partial charge on any atom is 0.243 e. The van der Waals surface area contributed by atoms with Crippen molar-refractivity contribution in [2.75, 3.05) is 0 Å².